The molecule has 0 saturated carbocycles. The lowest BCUT2D eigenvalue weighted by molar-refractivity contribution is -0.114. The second-order valence-corrected chi connectivity index (χ2v) is 6.57. The zero-order valence-electron chi connectivity index (χ0n) is 16.0. The lowest BCUT2D eigenvalue weighted by Gasteiger charge is -2.09. The van der Waals surface area contributed by atoms with Crippen molar-refractivity contribution >= 4 is 34.7 Å². The fourth-order valence-corrected chi connectivity index (χ4v) is 2.62. The molecule has 0 spiro atoms. The predicted molar refractivity (Wildman–Crippen MR) is 112 cm³/mol. The van der Waals surface area contributed by atoms with Crippen LogP contribution < -0.4 is 16.0 Å². The van der Waals surface area contributed by atoms with E-state index in [0.717, 1.165) is 28.2 Å². The normalized spacial score (nSPS) is 10.2. The molecule has 3 rings (SSSR count). The van der Waals surface area contributed by atoms with Gasteiger partial charge >= 0.3 is 0 Å². The highest BCUT2D eigenvalue weighted by molar-refractivity contribution is 6.04. The quantitative estimate of drug-likeness (QED) is 0.607. The van der Waals surface area contributed by atoms with Crippen LogP contribution in [0.25, 0.3) is 0 Å². The summed E-state index contributed by atoms with van der Waals surface area (Å²) >= 11 is 0. The molecule has 28 heavy (non-hydrogen) atoms. The number of aryl methyl sites for hydroxylation is 2. The standard InChI is InChI=1S/C22H22N4O2/c1-14-4-5-17(12-15(14)2)22(28)26-21-11-10-20(13-23-21)25-19-8-6-18(7-9-19)24-16(3)27/h4-13,25H,1-3H3,(H,24,27)(H,23,26,28). The minimum absolute atomic E-state index is 0.108. The van der Waals surface area contributed by atoms with E-state index in [0.29, 0.717) is 11.4 Å². The van der Waals surface area contributed by atoms with Gasteiger partial charge in [0.05, 0.1) is 11.9 Å². The molecule has 1 heterocycles. The van der Waals surface area contributed by atoms with Crippen LogP contribution in [0.2, 0.25) is 0 Å². The highest BCUT2D eigenvalue weighted by Gasteiger charge is 2.08. The first-order chi connectivity index (χ1) is 13.4. The summed E-state index contributed by atoms with van der Waals surface area (Å²) in [6, 6.07) is 16.5. The predicted octanol–water partition coefficient (Wildman–Crippen LogP) is 4.65. The fourth-order valence-electron chi connectivity index (χ4n) is 2.62. The SMILES string of the molecule is CC(=O)Nc1ccc(Nc2ccc(NC(=O)c3ccc(C)c(C)c3)nc2)cc1. The maximum atomic E-state index is 12.4. The van der Waals surface area contributed by atoms with Crippen molar-refractivity contribution in [3.8, 4) is 0 Å². The van der Waals surface area contributed by atoms with E-state index in [1.54, 1.807) is 18.3 Å². The Balaban J connectivity index is 1.62. The Bertz CT molecular complexity index is 996. The van der Waals surface area contributed by atoms with E-state index in [1.807, 2.05) is 56.3 Å². The highest BCUT2D eigenvalue weighted by Crippen LogP contribution is 2.20. The van der Waals surface area contributed by atoms with Crippen molar-refractivity contribution in [3.05, 3.63) is 77.5 Å². The van der Waals surface area contributed by atoms with Gasteiger partial charge in [-0.2, -0.15) is 0 Å². The van der Waals surface area contributed by atoms with Crippen molar-refractivity contribution in [1.82, 2.24) is 4.98 Å². The summed E-state index contributed by atoms with van der Waals surface area (Å²) in [5.41, 5.74) is 5.21. The third kappa shape index (κ3) is 4.94. The summed E-state index contributed by atoms with van der Waals surface area (Å²) in [4.78, 5) is 27.7. The Kier molecular flexibility index (Phi) is 5.69. The molecule has 3 aromatic rings. The van der Waals surface area contributed by atoms with Crippen molar-refractivity contribution < 1.29 is 9.59 Å². The monoisotopic (exact) mass is 374 g/mol. The van der Waals surface area contributed by atoms with Gasteiger partial charge in [0, 0.05) is 23.9 Å². The number of hydrogen-bond donors (Lipinski definition) is 3. The number of pyridine rings is 1. The second kappa shape index (κ2) is 8.35. The smallest absolute Gasteiger partial charge is 0.256 e. The van der Waals surface area contributed by atoms with Crippen LogP contribution in [0.4, 0.5) is 22.9 Å². The first-order valence-corrected chi connectivity index (χ1v) is 8.90. The van der Waals surface area contributed by atoms with Crippen LogP contribution in [-0.2, 0) is 4.79 Å². The average Bonchev–Trinajstić information content (AvgIpc) is 2.66. The van der Waals surface area contributed by atoms with Crippen LogP contribution in [0.15, 0.2) is 60.8 Å². The summed E-state index contributed by atoms with van der Waals surface area (Å²) in [6.07, 6.45) is 1.65. The van der Waals surface area contributed by atoms with Gasteiger partial charge in [-0.05, 0) is 73.5 Å². The minimum atomic E-state index is -0.190. The summed E-state index contributed by atoms with van der Waals surface area (Å²) in [5.74, 6) is 0.183. The number of aromatic nitrogens is 1. The first kappa shape index (κ1) is 19.1. The van der Waals surface area contributed by atoms with Gasteiger partial charge in [-0.15, -0.1) is 0 Å². The van der Waals surface area contributed by atoms with Crippen molar-refractivity contribution in [2.45, 2.75) is 20.8 Å². The summed E-state index contributed by atoms with van der Waals surface area (Å²) < 4.78 is 0. The van der Waals surface area contributed by atoms with Crippen molar-refractivity contribution in [3.63, 3.8) is 0 Å². The Labute approximate surface area is 164 Å². The number of carbonyl (C=O) groups excluding carboxylic acids is 2. The molecule has 0 radical (unpaired) electrons. The van der Waals surface area contributed by atoms with Gasteiger partial charge < -0.3 is 16.0 Å². The van der Waals surface area contributed by atoms with E-state index >= 15 is 0 Å². The van der Waals surface area contributed by atoms with Gasteiger partial charge in [0.25, 0.3) is 5.91 Å². The topological polar surface area (TPSA) is 83.1 Å². The van der Waals surface area contributed by atoms with Crippen molar-refractivity contribution in [2.75, 3.05) is 16.0 Å². The summed E-state index contributed by atoms with van der Waals surface area (Å²) in [7, 11) is 0. The van der Waals surface area contributed by atoms with Gasteiger partial charge in [0.1, 0.15) is 5.82 Å². The maximum absolute atomic E-state index is 12.4. The third-order valence-electron chi connectivity index (χ3n) is 4.27. The van der Waals surface area contributed by atoms with E-state index in [1.165, 1.54) is 6.92 Å². The molecule has 0 unspecified atom stereocenters. The zero-order chi connectivity index (χ0) is 20.1. The van der Waals surface area contributed by atoms with Crippen LogP contribution in [0.5, 0.6) is 0 Å². The highest BCUT2D eigenvalue weighted by atomic mass is 16.2. The molecule has 2 amide bonds. The molecule has 2 aromatic carbocycles. The van der Waals surface area contributed by atoms with Gasteiger partial charge in [0.15, 0.2) is 0 Å². The van der Waals surface area contributed by atoms with Crippen LogP contribution in [0.3, 0.4) is 0 Å². The van der Waals surface area contributed by atoms with Gasteiger partial charge in [-0.3, -0.25) is 9.59 Å². The lowest BCUT2D eigenvalue weighted by atomic mass is 10.1. The molecule has 3 N–H and O–H groups in total. The molecule has 142 valence electrons. The molecular formula is C22H22N4O2. The Morgan fingerprint density at radius 2 is 1.46 bits per heavy atom. The maximum Gasteiger partial charge on any atom is 0.256 e. The first-order valence-electron chi connectivity index (χ1n) is 8.90. The van der Waals surface area contributed by atoms with E-state index in [9.17, 15) is 9.59 Å². The van der Waals surface area contributed by atoms with Crippen LogP contribution >= 0.6 is 0 Å². The van der Waals surface area contributed by atoms with Gasteiger partial charge in [0.2, 0.25) is 5.91 Å². The average molecular weight is 374 g/mol. The van der Waals surface area contributed by atoms with E-state index in [4.69, 9.17) is 0 Å². The van der Waals surface area contributed by atoms with Crippen molar-refractivity contribution in [2.24, 2.45) is 0 Å². The third-order valence-corrected chi connectivity index (χ3v) is 4.27. The molecule has 0 atom stereocenters. The number of nitrogens with zero attached hydrogens (tertiary/aromatic N) is 1. The Morgan fingerprint density at radius 3 is 2.07 bits per heavy atom. The number of benzene rings is 2. The molecule has 1 aromatic heterocycles. The second-order valence-electron chi connectivity index (χ2n) is 6.57. The summed E-state index contributed by atoms with van der Waals surface area (Å²) in [5, 5.41) is 8.75. The number of anilines is 4. The number of amides is 2. The molecule has 0 fully saturated rings. The van der Waals surface area contributed by atoms with E-state index in [-0.39, 0.29) is 11.8 Å². The largest absolute Gasteiger partial charge is 0.354 e. The molecule has 6 nitrogen and oxygen atoms in total. The fraction of sp³-hybridized carbons (Fsp3) is 0.136. The van der Waals surface area contributed by atoms with E-state index in [2.05, 4.69) is 20.9 Å². The van der Waals surface area contributed by atoms with Crippen LogP contribution in [-0.4, -0.2) is 16.8 Å². The van der Waals surface area contributed by atoms with Crippen LogP contribution in [0, 0.1) is 13.8 Å². The molecule has 0 aliphatic carbocycles. The zero-order valence-corrected chi connectivity index (χ0v) is 16.0. The molecule has 0 saturated heterocycles. The number of rotatable bonds is 5. The lowest BCUT2D eigenvalue weighted by Crippen LogP contribution is -2.13. The summed E-state index contributed by atoms with van der Waals surface area (Å²) in [6.45, 7) is 5.46. The van der Waals surface area contributed by atoms with Gasteiger partial charge in [-0.1, -0.05) is 6.07 Å². The molecule has 0 bridgehead atoms. The molecule has 6 heteroatoms. The molecule has 0 aliphatic heterocycles. The van der Waals surface area contributed by atoms with Crippen LogP contribution in [0.1, 0.15) is 28.4 Å². The number of carbonyl (C=O) groups is 2. The van der Waals surface area contributed by atoms with E-state index < -0.39 is 0 Å². The van der Waals surface area contributed by atoms with Crippen molar-refractivity contribution in [1.29, 1.82) is 0 Å². The van der Waals surface area contributed by atoms with Gasteiger partial charge in [-0.25, -0.2) is 4.98 Å². The Morgan fingerprint density at radius 1 is 0.786 bits per heavy atom. The molecule has 0 aliphatic rings. The Hall–Kier alpha value is -3.67. The molecular weight excluding hydrogens is 352 g/mol. The minimum Gasteiger partial charge on any atom is -0.354 e. The number of nitrogens with one attached hydrogen (secondary N) is 3. The number of hydrogen-bond acceptors (Lipinski definition) is 4.